The second kappa shape index (κ2) is 8.90. The highest BCUT2D eigenvalue weighted by Gasteiger charge is 2.17. The van der Waals surface area contributed by atoms with Crippen molar-refractivity contribution in [2.75, 3.05) is 45.7 Å². The van der Waals surface area contributed by atoms with Crippen LogP contribution < -0.4 is 10.6 Å². The lowest BCUT2D eigenvalue weighted by Gasteiger charge is -2.26. The van der Waals surface area contributed by atoms with E-state index in [4.69, 9.17) is 10.1 Å². The van der Waals surface area contributed by atoms with E-state index in [0.717, 1.165) is 41.8 Å². The van der Waals surface area contributed by atoms with Crippen molar-refractivity contribution in [3.63, 3.8) is 0 Å². The second-order valence-corrected chi connectivity index (χ2v) is 6.93. The fourth-order valence-electron chi connectivity index (χ4n) is 3.68. The van der Waals surface area contributed by atoms with E-state index in [0.29, 0.717) is 11.4 Å². The molecule has 2 heterocycles. The molecule has 3 rings (SSSR count). The Kier molecular flexibility index (Phi) is 6.34. The van der Waals surface area contributed by atoms with Gasteiger partial charge in [-0.25, -0.2) is 4.79 Å². The van der Waals surface area contributed by atoms with Crippen LogP contribution in [0.3, 0.4) is 0 Å². The van der Waals surface area contributed by atoms with Gasteiger partial charge in [0.05, 0.1) is 18.2 Å². The summed E-state index contributed by atoms with van der Waals surface area (Å²) in [7, 11) is 3.19. The minimum Gasteiger partial charge on any atom is -0.465 e. The number of anilines is 1. The normalized spacial score (nSPS) is 14.9. The average molecular weight is 371 g/mol. The van der Waals surface area contributed by atoms with Crippen LogP contribution in [-0.2, 0) is 4.74 Å². The maximum absolute atomic E-state index is 11.7. The van der Waals surface area contributed by atoms with Crippen LogP contribution in [-0.4, -0.2) is 62.0 Å². The van der Waals surface area contributed by atoms with Crippen LogP contribution in [0.4, 0.5) is 5.82 Å². The average Bonchev–Trinajstić information content (AvgIpc) is 3.09. The number of rotatable bonds is 7. The van der Waals surface area contributed by atoms with Gasteiger partial charge >= 0.3 is 5.97 Å². The molecule has 0 atom stereocenters. The van der Waals surface area contributed by atoms with Crippen LogP contribution in [0, 0.1) is 5.41 Å². The van der Waals surface area contributed by atoms with Gasteiger partial charge in [0, 0.05) is 24.5 Å². The smallest absolute Gasteiger partial charge is 0.337 e. The predicted octanol–water partition coefficient (Wildman–Crippen LogP) is 2.79. The maximum atomic E-state index is 11.7. The second-order valence-electron chi connectivity index (χ2n) is 6.93. The number of esters is 1. The molecule has 7 nitrogen and oxygen atoms in total. The largest absolute Gasteiger partial charge is 0.465 e. The number of methoxy groups -OCH3 is 1. The third kappa shape index (κ3) is 4.42. The molecule has 0 saturated carbocycles. The van der Waals surface area contributed by atoms with Gasteiger partial charge in [-0.3, -0.25) is 5.41 Å². The number of H-pyrrole nitrogens is 1. The first kappa shape index (κ1) is 19.2. The van der Waals surface area contributed by atoms with Gasteiger partial charge in [0.15, 0.2) is 0 Å². The molecule has 1 aliphatic rings. The van der Waals surface area contributed by atoms with E-state index in [2.05, 4.69) is 20.5 Å². The monoisotopic (exact) mass is 371 g/mol. The number of hydrogen-bond acceptors (Lipinski definition) is 5. The van der Waals surface area contributed by atoms with Gasteiger partial charge in [-0.15, -0.1) is 0 Å². The van der Waals surface area contributed by atoms with Crippen molar-refractivity contribution in [3.8, 4) is 0 Å². The van der Waals surface area contributed by atoms with Crippen molar-refractivity contribution in [2.45, 2.75) is 25.7 Å². The van der Waals surface area contributed by atoms with Gasteiger partial charge in [0.2, 0.25) is 0 Å². The van der Waals surface area contributed by atoms with Crippen molar-refractivity contribution in [3.05, 3.63) is 29.3 Å². The lowest BCUT2D eigenvalue weighted by Crippen LogP contribution is -2.33. The Balaban J connectivity index is 1.66. The first-order chi connectivity index (χ1) is 13.1. The van der Waals surface area contributed by atoms with Crippen LogP contribution in [0.2, 0.25) is 0 Å². The van der Waals surface area contributed by atoms with Crippen molar-refractivity contribution >= 4 is 28.5 Å². The summed E-state index contributed by atoms with van der Waals surface area (Å²) in [5, 5.41) is 15.8. The van der Waals surface area contributed by atoms with Crippen LogP contribution in [0.25, 0.3) is 10.9 Å². The number of fused-ring (bicyclic) bond motifs is 1. The number of benzene rings is 1. The first-order valence-corrected chi connectivity index (χ1v) is 9.61. The molecular weight excluding hydrogens is 342 g/mol. The number of hydrogen-bond donors (Lipinski definition) is 4. The highest BCUT2D eigenvalue weighted by atomic mass is 16.5. The summed E-state index contributed by atoms with van der Waals surface area (Å²) in [5.74, 6) is 0.778. The lowest BCUT2D eigenvalue weighted by atomic mass is 10.1. The Morgan fingerprint density at radius 1 is 1.30 bits per heavy atom. The topological polar surface area (TPSA) is 93.2 Å². The zero-order valence-electron chi connectivity index (χ0n) is 16.2. The summed E-state index contributed by atoms with van der Waals surface area (Å²) in [4.78, 5) is 17.5. The fourth-order valence-corrected chi connectivity index (χ4v) is 3.68. The van der Waals surface area contributed by atoms with Crippen molar-refractivity contribution in [1.82, 2.24) is 15.2 Å². The van der Waals surface area contributed by atoms with Gasteiger partial charge in [0.1, 0.15) is 11.7 Å². The summed E-state index contributed by atoms with van der Waals surface area (Å²) < 4.78 is 4.78. The lowest BCUT2D eigenvalue weighted by molar-refractivity contribution is 0.0601. The molecule has 1 aromatic carbocycles. The number of carbonyl (C=O) groups is 1. The molecule has 0 radical (unpaired) electrons. The SMILES string of the molecule is CNc1[nH]c2cc(C(=O)OC)ccc2c1C(=N)NCCCN1CCCCC1. The molecular formula is C20H29N5O2. The molecule has 27 heavy (non-hydrogen) atoms. The number of ether oxygens (including phenoxy) is 1. The van der Waals surface area contributed by atoms with Crippen LogP contribution in [0.1, 0.15) is 41.6 Å². The number of piperidine rings is 1. The van der Waals surface area contributed by atoms with Crippen LogP contribution in [0.5, 0.6) is 0 Å². The Hall–Kier alpha value is -2.54. The van der Waals surface area contributed by atoms with E-state index >= 15 is 0 Å². The minimum atomic E-state index is -0.370. The number of nitrogens with one attached hydrogen (secondary N) is 4. The molecule has 1 fully saturated rings. The molecule has 4 N–H and O–H groups in total. The zero-order valence-corrected chi connectivity index (χ0v) is 16.2. The van der Waals surface area contributed by atoms with Gasteiger partial charge in [0.25, 0.3) is 0 Å². The number of aromatic amines is 1. The summed E-state index contributed by atoms with van der Waals surface area (Å²) in [5.41, 5.74) is 2.08. The molecule has 1 saturated heterocycles. The molecule has 7 heteroatoms. The van der Waals surface area contributed by atoms with Gasteiger partial charge in [-0.1, -0.05) is 12.5 Å². The van der Waals surface area contributed by atoms with E-state index in [1.165, 1.54) is 39.5 Å². The quantitative estimate of drug-likeness (QED) is 0.260. The van der Waals surface area contributed by atoms with Crippen LogP contribution >= 0.6 is 0 Å². The van der Waals surface area contributed by atoms with Gasteiger partial charge in [-0.05, 0) is 51.0 Å². The highest BCUT2D eigenvalue weighted by Crippen LogP contribution is 2.27. The van der Waals surface area contributed by atoms with Crippen molar-refractivity contribution in [1.29, 1.82) is 5.41 Å². The van der Waals surface area contributed by atoms with Crippen LogP contribution in [0.15, 0.2) is 18.2 Å². The predicted molar refractivity (Wildman–Crippen MR) is 109 cm³/mol. The number of carbonyl (C=O) groups excluding carboxylic acids is 1. The van der Waals surface area contributed by atoms with Gasteiger partial charge < -0.3 is 25.3 Å². The van der Waals surface area contributed by atoms with Crippen molar-refractivity contribution in [2.24, 2.45) is 0 Å². The fraction of sp³-hybridized carbons (Fsp3) is 0.500. The number of nitrogens with zero attached hydrogens (tertiary/aromatic N) is 1. The molecule has 0 amide bonds. The molecule has 1 aromatic heterocycles. The van der Waals surface area contributed by atoms with E-state index in [1.54, 1.807) is 12.1 Å². The van der Waals surface area contributed by atoms with Crippen molar-refractivity contribution < 1.29 is 9.53 Å². The van der Waals surface area contributed by atoms with E-state index in [-0.39, 0.29) is 5.97 Å². The summed E-state index contributed by atoms with van der Waals surface area (Å²) in [6, 6.07) is 5.35. The Morgan fingerprint density at radius 2 is 2.07 bits per heavy atom. The van der Waals surface area contributed by atoms with E-state index < -0.39 is 0 Å². The Morgan fingerprint density at radius 3 is 2.78 bits per heavy atom. The summed E-state index contributed by atoms with van der Waals surface area (Å²) in [6.45, 7) is 4.25. The van der Waals surface area contributed by atoms with Gasteiger partial charge in [-0.2, -0.15) is 0 Å². The third-order valence-electron chi connectivity index (χ3n) is 5.12. The Labute approximate surface area is 160 Å². The van der Waals surface area contributed by atoms with E-state index in [9.17, 15) is 4.79 Å². The minimum absolute atomic E-state index is 0.370. The molecule has 1 aliphatic heterocycles. The molecule has 0 bridgehead atoms. The molecule has 0 spiro atoms. The summed E-state index contributed by atoms with van der Waals surface area (Å²) >= 11 is 0. The highest BCUT2D eigenvalue weighted by molar-refractivity contribution is 6.13. The molecule has 0 unspecified atom stereocenters. The molecule has 0 aliphatic carbocycles. The standard InChI is InChI=1S/C20H29N5O2/c1-22-19-17(15-8-7-14(20(26)27-2)13-16(15)24-19)18(21)23-9-6-12-25-10-4-3-5-11-25/h7-8,13,22,24H,3-6,9-12H2,1-2H3,(H2,21,23). The number of aromatic nitrogens is 1. The third-order valence-corrected chi connectivity index (χ3v) is 5.12. The number of likely N-dealkylation sites (tertiary alicyclic amines) is 1. The molecule has 2 aromatic rings. The zero-order chi connectivity index (χ0) is 19.2. The summed E-state index contributed by atoms with van der Waals surface area (Å²) in [6.07, 6.45) is 4.98. The first-order valence-electron chi connectivity index (χ1n) is 9.61. The maximum Gasteiger partial charge on any atom is 0.337 e. The Bertz CT molecular complexity index is 808. The van der Waals surface area contributed by atoms with E-state index in [1.807, 2.05) is 13.1 Å². The number of amidine groups is 1. The molecule has 146 valence electrons.